The second-order valence-corrected chi connectivity index (χ2v) is 8.23. The normalized spacial score (nSPS) is 22.9. The van der Waals surface area contributed by atoms with Crippen molar-refractivity contribution in [3.63, 3.8) is 0 Å². The van der Waals surface area contributed by atoms with Crippen molar-refractivity contribution in [2.45, 2.75) is 51.7 Å². The summed E-state index contributed by atoms with van der Waals surface area (Å²) >= 11 is 1.63. The summed E-state index contributed by atoms with van der Waals surface area (Å²) < 4.78 is 6.93. The molecular formula is C18H23N3O3S. The zero-order valence-electron chi connectivity index (χ0n) is 14.4. The standard InChI is InChI=1S/C18H23N3O3S/c1-11-4-5-13-14(7-11)25-17-16(13)18(23)21(10-20-17)9-15(22)19-8-12-3-2-6-24-12/h10-12H,2-9H2,1H3,(H,19,22)/t11-,12+/m0/s1. The van der Waals surface area contributed by atoms with Gasteiger partial charge in [-0.15, -0.1) is 11.3 Å². The maximum absolute atomic E-state index is 12.9. The highest BCUT2D eigenvalue weighted by Gasteiger charge is 2.23. The van der Waals surface area contributed by atoms with E-state index in [1.54, 1.807) is 11.3 Å². The molecule has 4 rings (SSSR count). The van der Waals surface area contributed by atoms with Crippen LogP contribution in [-0.4, -0.2) is 34.7 Å². The third-order valence-electron chi connectivity index (χ3n) is 5.15. The van der Waals surface area contributed by atoms with E-state index >= 15 is 0 Å². The Kier molecular flexibility index (Phi) is 4.60. The van der Waals surface area contributed by atoms with Crippen LogP contribution in [0.5, 0.6) is 0 Å². The van der Waals surface area contributed by atoms with Crippen molar-refractivity contribution in [3.05, 3.63) is 27.1 Å². The van der Waals surface area contributed by atoms with Gasteiger partial charge in [0.05, 0.1) is 17.8 Å². The molecule has 6 nitrogen and oxygen atoms in total. The number of thiophene rings is 1. The van der Waals surface area contributed by atoms with Crippen molar-refractivity contribution in [3.8, 4) is 0 Å². The first kappa shape index (κ1) is 16.7. The molecule has 1 saturated heterocycles. The largest absolute Gasteiger partial charge is 0.376 e. The van der Waals surface area contributed by atoms with Crippen LogP contribution in [0, 0.1) is 5.92 Å². The Morgan fingerprint density at radius 1 is 1.48 bits per heavy atom. The lowest BCUT2D eigenvalue weighted by Crippen LogP contribution is -2.36. The molecule has 3 heterocycles. The Balaban J connectivity index is 1.53. The number of aryl methyl sites for hydroxylation is 1. The number of nitrogens with zero attached hydrogens (tertiary/aromatic N) is 2. The average molecular weight is 361 g/mol. The Labute approximate surface area is 150 Å². The van der Waals surface area contributed by atoms with Crippen molar-refractivity contribution in [2.24, 2.45) is 5.92 Å². The molecule has 0 bridgehead atoms. The molecule has 1 aliphatic carbocycles. The Bertz CT molecular complexity index is 851. The number of fused-ring (bicyclic) bond motifs is 3. The summed E-state index contributed by atoms with van der Waals surface area (Å²) in [5.41, 5.74) is 1.06. The number of hydrogen-bond acceptors (Lipinski definition) is 5. The molecule has 0 unspecified atom stereocenters. The minimum absolute atomic E-state index is 0.00944. The van der Waals surface area contributed by atoms with E-state index < -0.39 is 0 Å². The van der Waals surface area contributed by atoms with Crippen molar-refractivity contribution in [1.82, 2.24) is 14.9 Å². The first-order valence-corrected chi connectivity index (χ1v) is 9.81. The monoisotopic (exact) mass is 361 g/mol. The van der Waals surface area contributed by atoms with Crippen LogP contribution >= 0.6 is 11.3 Å². The lowest BCUT2D eigenvalue weighted by Gasteiger charge is -2.17. The number of rotatable bonds is 4. The molecule has 1 amide bonds. The van der Waals surface area contributed by atoms with Crippen LogP contribution in [0.2, 0.25) is 0 Å². The Hall–Kier alpha value is -1.73. The quantitative estimate of drug-likeness (QED) is 0.902. The molecule has 0 aromatic carbocycles. The highest BCUT2D eigenvalue weighted by Crippen LogP contribution is 2.35. The third kappa shape index (κ3) is 3.35. The molecule has 2 aromatic heterocycles. The van der Waals surface area contributed by atoms with E-state index in [-0.39, 0.29) is 24.1 Å². The van der Waals surface area contributed by atoms with E-state index in [0.29, 0.717) is 12.5 Å². The number of aromatic nitrogens is 2. The van der Waals surface area contributed by atoms with E-state index in [1.807, 2.05) is 0 Å². The lowest BCUT2D eigenvalue weighted by atomic mass is 9.89. The summed E-state index contributed by atoms with van der Waals surface area (Å²) in [6.45, 7) is 3.53. The van der Waals surface area contributed by atoms with Crippen LogP contribution < -0.4 is 10.9 Å². The maximum atomic E-state index is 12.9. The maximum Gasteiger partial charge on any atom is 0.262 e. The molecule has 1 aliphatic heterocycles. The van der Waals surface area contributed by atoms with Gasteiger partial charge in [-0.25, -0.2) is 4.98 Å². The minimum atomic E-state index is -0.170. The van der Waals surface area contributed by atoms with Gasteiger partial charge in [-0.1, -0.05) is 6.92 Å². The molecule has 2 atom stereocenters. The molecule has 0 saturated carbocycles. The van der Waals surface area contributed by atoms with E-state index in [4.69, 9.17) is 4.74 Å². The number of nitrogens with one attached hydrogen (secondary N) is 1. The van der Waals surface area contributed by atoms with Crippen molar-refractivity contribution < 1.29 is 9.53 Å². The fraction of sp³-hybridized carbons (Fsp3) is 0.611. The molecule has 2 aromatic rings. The topological polar surface area (TPSA) is 73.2 Å². The van der Waals surface area contributed by atoms with E-state index in [9.17, 15) is 9.59 Å². The second kappa shape index (κ2) is 6.88. The summed E-state index contributed by atoms with van der Waals surface area (Å²) in [5, 5.41) is 3.58. The van der Waals surface area contributed by atoms with Crippen molar-refractivity contribution >= 4 is 27.5 Å². The molecule has 1 fully saturated rings. The molecule has 2 aliphatic rings. The van der Waals surface area contributed by atoms with Gasteiger partial charge >= 0.3 is 0 Å². The van der Waals surface area contributed by atoms with Crippen LogP contribution in [-0.2, 0) is 28.9 Å². The van der Waals surface area contributed by atoms with E-state index in [2.05, 4.69) is 17.2 Å². The van der Waals surface area contributed by atoms with E-state index in [1.165, 1.54) is 15.8 Å². The van der Waals surface area contributed by atoms with Gasteiger partial charge in [0.1, 0.15) is 11.4 Å². The molecule has 0 spiro atoms. The SMILES string of the molecule is C[C@H]1CCc2c(sc3ncn(CC(=O)NC[C@H]4CCCO4)c(=O)c23)C1. The summed E-state index contributed by atoms with van der Waals surface area (Å²) in [7, 11) is 0. The lowest BCUT2D eigenvalue weighted by molar-refractivity contribution is -0.122. The number of carbonyl (C=O) groups is 1. The number of ether oxygens (including phenoxy) is 1. The van der Waals surface area contributed by atoms with Gasteiger partial charge in [-0.2, -0.15) is 0 Å². The summed E-state index contributed by atoms with van der Waals surface area (Å²) in [6.07, 6.45) is 6.69. The van der Waals surface area contributed by atoms with Crippen LogP contribution in [0.1, 0.15) is 36.6 Å². The summed E-state index contributed by atoms with van der Waals surface area (Å²) in [4.78, 5) is 31.6. The molecular weight excluding hydrogens is 338 g/mol. The predicted octanol–water partition coefficient (Wildman–Crippen LogP) is 1.88. The molecule has 134 valence electrons. The van der Waals surface area contributed by atoms with Gasteiger partial charge in [0.15, 0.2) is 0 Å². The number of amides is 1. The molecule has 1 N–H and O–H groups in total. The van der Waals surface area contributed by atoms with Crippen LogP contribution in [0.3, 0.4) is 0 Å². The second-order valence-electron chi connectivity index (χ2n) is 7.15. The third-order valence-corrected chi connectivity index (χ3v) is 6.31. The van der Waals surface area contributed by atoms with Gasteiger partial charge in [-0.3, -0.25) is 14.2 Å². The zero-order chi connectivity index (χ0) is 17.4. The fourth-order valence-corrected chi connectivity index (χ4v) is 5.06. The van der Waals surface area contributed by atoms with Crippen LogP contribution in [0.15, 0.2) is 11.1 Å². The predicted molar refractivity (Wildman–Crippen MR) is 97.1 cm³/mol. The molecule has 7 heteroatoms. The first-order valence-electron chi connectivity index (χ1n) is 9.00. The van der Waals surface area contributed by atoms with Gasteiger partial charge in [0.2, 0.25) is 5.91 Å². The van der Waals surface area contributed by atoms with Gasteiger partial charge in [0.25, 0.3) is 5.56 Å². The average Bonchev–Trinajstić information content (AvgIpc) is 3.22. The van der Waals surface area contributed by atoms with Crippen molar-refractivity contribution in [2.75, 3.05) is 13.2 Å². The highest BCUT2D eigenvalue weighted by atomic mass is 32.1. The summed E-state index contributed by atoms with van der Waals surface area (Å²) in [6, 6.07) is 0. The summed E-state index contributed by atoms with van der Waals surface area (Å²) in [5.74, 6) is 0.489. The van der Waals surface area contributed by atoms with E-state index in [0.717, 1.165) is 54.5 Å². The number of carbonyl (C=O) groups excluding carboxylic acids is 1. The molecule has 25 heavy (non-hydrogen) atoms. The Morgan fingerprint density at radius 3 is 3.16 bits per heavy atom. The molecule has 0 radical (unpaired) electrons. The van der Waals surface area contributed by atoms with Crippen LogP contribution in [0.25, 0.3) is 10.2 Å². The van der Waals surface area contributed by atoms with Crippen LogP contribution in [0.4, 0.5) is 0 Å². The fourth-order valence-electron chi connectivity index (χ4n) is 3.72. The van der Waals surface area contributed by atoms with Gasteiger partial charge in [-0.05, 0) is 43.6 Å². The number of hydrogen-bond donors (Lipinski definition) is 1. The highest BCUT2D eigenvalue weighted by molar-refractivity contribution is 7.18. The van der Waals surface area contributed by atoms with Crippen molar-refractivity contribution in [1.29, 1.82) is 0 Å². The minimum Gasteiger partial charge on any atom is -0.376 e. The van der Waals surface area contributed by atoms with Gasteiger partial charge < -0.3 is 10.1 Å². The Morgan fingerprint density at radius 2 is 2.36 bits per heavy atom. The van der Waals surface area contributed by atoms with Gasteiger partial charge in [0, 0.05) is 18.0 Å². The zero-order valence-corrected chi connectivity index (χ0v) is 15.2. The first-order chi connectivity index (χ1) is 12.1. The smallest absolute Gasteiger partial charge is 0.262 e.